The van der Waals surface area contributed by atoms with E-state index in [4.69, 9.17) is 4.74 Å². The molecule has 1 aliphatic heterocycles. The Morgan fingerprint density at radius 2 is 0.864 bits per heavy atom. The molecule has 6 aromatic carbocycles. The molecule has 0 unspecified atom stereocenters. The summed E-state index contributed by atoms with van der Waals surface area (Å²) in [4.78, 5) is 0. The first-order chi connectivity index (χ1) is 21.8. The Labute approximate surface area is 257 Å². The van der Waals surface area contributed by atoms with Crippen LogP contribution in [0.3, 0.4) is 0 Å². The summed E-state index contributed by atoms with van der Waals surface area (Å²) >= 11 is 0. The standard InChI is InChI=1S/C41H28N2O/c1-3-12-30(13-4-1)37-26-27-38(43-42-37)32-15-11-14-31(28-32)29-22-24-34(25-23-29)41(33-16-5-2-6-17-33)35-18-7-9-20-39(35)44-40-21-10-8-19-36(40)41/h1-28H. The van der Waals surface area contributed by atoms with E-state index in [0.29, 0.717) is 0 Å². The Bertz CT molecular complexity index is 2020. The fourth-order valence-corrected chi connectivity index (χ4v) is 6.49. The molecule has 0 saturated carbocycles. The van der Waals surface area contributed by atoms with Gasteiger partial charge in [-0.25, -0.2) is 0 Å². The largest absolute Gasteiger partial charge is 0.457 e. The molecule has 0 saturated heterocycles. The van der Waals surface area contributed by atoms with Crippen LogP contribution in [-0.2, 0) is 5.41 Å². The summed E-state index contributed by atoms with van der Waals surface area (Å²) in [7, 11) is 0. The number of ether oxygens (including phenoxy) is 1. The van der Waals surface area contributed by atoms with Crippen LogP contribution in [0.4, 0.5) is 0 Å². The van der Waals surface area contributed by atoms with E-state index in [-0.39, 0.29) is 0 Å². The molecular formula is C41H28N2O. The maximum atomic E-state index is 6.45. The van der Waals surface area contributed by atoms with E-state index in [9.17, 15) is 0 Å². The number of nitrogens with zero attached hydrogens (tertiary/aromatic N) is 2. The van der Waals surface area contributed by atoms with E-state index in [1.807, 2.05) is 54.6 Å². The lowest BCUT2D eigenvalue weighted by Gasteiger charge is -2.41. The van der Waals surface area contributed by atoms with Gasteiger partial charge in [-0.05, 0) is 52.6 Å². The first kappa shape index (κ1) is 25.9. The van der Waals surface area contributed by atoms with Gasteiger partial charge in [0.1, 0.15) is 11.5 Å². The van der Waals surface area contributed by atoms with Crippen LogP contribution >= 0.6 is 0 Å². The van der Waals surface area contributed by atoms with Crippen molar-refractivity contribution in [2.75, 3.05) is 0 Å². The zero-order valence-electron chi connectivity index (χ0n) is 24.0. The minimum absolute atomic E-state index is 0.525. The van der Waals surface area contributed by atoms with E-state index >= 15 is 0 Å². The van der Waals surface area contributed by atoms with Crippen LogP contribution in [0.25, 0.3) is 33.6 Å². The van der Waals surface area contributed by atoms with Crippen molar-refractivity contribution < 1.29 is 4.74 Å². The van der Waals surface area contributed by atoms with Gasteiger partial charge in [-0.15, -0.1) is 10.2 Å². The van der Waals surface area contributed by atoms with Crippen molar-refractivity contribution in [3.63, 3.8) is 0 Å². The number of hydrogen-bond acceptors (Lipinski definition) is 3. The average molecular weight is 565 g/mol. The smallest absolute Gasteiger partial charge is 0.132 e. The summed E-state index contributed by atoms with van der Waals surface area (Å²) in [5.74, 6) is 1.76. The highest BCUT2D eigenvalue weighted by atomic mass is 16.5. The van der Waals surface area contributed by atoms with Crippen molar-refractivity contribution in [2.24, 2.45) is 0 Å². The van der Waals surface area contributed by atoms with Gasteiger partial charge < -0.3 is 4.74 Å². The number of rotatable bonds is 5. The zero-order chi connectivity index (χ0) is 29.3. The molecule has 0 amide bonds. The second-order valence-corrected chi connectivity index (χ2v) is 11.0. The van der Waals surface area contributed by atoms with Gasteiger partial charge in [-0.1, -0.05) is 140 Å². The lowest BCUT2D eigenvalue weighted by Crippen LogP contribution is -2.34. The van der Waals surface area contributed by atoms with Crippen LogP contribution in [0.1, 0.15) is 22.3 Å². The van der Waals surface area contributed by atoms with Gasteiger partial charge in [0.25, 0.3) is 0 Å². The SMILES string of the molecule is c1ccc(-c2ccc(-c3cccc(-c4ccc(C5(c6ccccc6)c6ccccc6Oc6ccccc65)cc4)c3)nn2)cc1. The van der Waals surface area contributed by atoms with Gasteiger partial charge in [0, 0.05) is 22.3 Å². The Hall–Kier alpha value is -5.80. The van der Waals surface area contributed by atoms with Crippen molar-refractivity contribution in [3.05, 3.63) is 192 Å². The highest BCUT2D eigenvalue weighted by molar-refractivity contribution is 5.74. The highest BCUT2D eigenvalue weighted by Gasteiger charge is 2.45. The van der Waals surface area contributed by atoms with Crippen LogP contribution in [0.15, 0.2) is 170 Å². The summed E-state index contributed by atoms with van der Waals surface area (Å²) in [6, 6.07) is 59.3. The molecule has 2 heterocycles. The summed E-state index contributed by atoms with van der Waals surface area (Å²) in [5.41, 5.74) is 10.2. The van der Waals surface area contributed by atoms with Gasteiger partial charge in [0.15, 0.2) is 0 Å². The van der Waals surface area contributed by atoms with E-state index < -0.39 is 5.41 Å². The average Bonchev–Trinajstić information content (AvgIpc) is 3.11. The molecule has 3 nitrogen and oxygen atoms in total. The molecular weight excluding hydrogens is 536 g/mol. The third-order valence-corrected chi connectivity index (χ3v) is 8.55. The summed E-state index contributed by atoms with van der Waals surface area (Å²) < 4.78 is 6.45. The van der Waals surface area contributed by atoms with E-state index in [1.165, 1.54) is 11.1 Å². The van der Waals surface area contributed by atoms with Crippen LogP contribution in [0.2, 0.25) is 0 Å². The molecule has 1 aromatic heterocycles. The maximum absolute atomic E-state index is 6.45. The van der Waals surface area contributed by atoms with Gasteiger partial charge in [0.2, 0.25) is 0 Å². The second-order valence-electron chi connectivity index (χ2n) is 11.0. The lowest BCUT2D eigenvalue weighted by molar-refractivity contribution is 0.434. The molecule has 1 aliphatic rings. The van der Waals surface area contributed by atoms with Gasteiger partial charge >= 0.3 is 0 Å². The molecule has 0 spiro atoms. The molecule has 3 heteroatoms. The maximum Gasteiger partial charge on any atom is 0.132 e. The predicted octanol–water partition coefficient (Wildman–Crippen LogP) is 9.97. The monoisotopic (exact) mass is 564 g/mol. The third-order valence-electron chi connectivity index (χ3n) is 8.55. The lowest BCUT2D eigenvalue weighted by atomic mass is 9.63. The Kier molecular flexibility index (Phi) is 6.35. The molecule has 0 aliphatic carbocycles. The second kappa shape index (κ2) is 10.8. The van der Waals surface area contributed by atoms with Gasteiger partial charge in [-0.2, -0.15) is 0 Å². The fraction of sp³-hybridized carbons (Fsp3) is 0.0244. The first-order valence-corrected chi connectivity index (χ1v) is 14.8. The molecule has 208 valence electrons. The third kappa shape index (κ3) is 4.29. The van der Waals surface area contributed by atoms with Gasteiger partial charge in [0.05, 0.1) is 16.8 Å². The molecule has 0 N–H and O–H groups in total. The van der Waals surface area contributed by atoms with Gasteiger partial charge in [-0.3, -0.25) is 0 Å². The Balaban J connectivity index is 1.21. The number of para-hydroxylation sites is 2. The Morgan fingerprint density at radius 3 is 1.50 bits per heavy atom. The zero-order valence-corrected chi connectivity index (χ0v) is 24.0. The molecule has 8 rings (SSSR count). The minimum Gasteiger partial charge on any atom is -0.457 e. The fourth-order valence-electron chi connectivity index (χ4n) is 6.49. The van der Waals surface area contributed by atoms with Crippen molar-refractivity contribution in [1.82, 2.24) is 10.2 Å². The summed E-state index contributed by atoms with van der Waals surface area (Å²) in [6.07, 6.45) is 0. The summed E-state index contributed by atoms with van der Waals surface area (Å²) in [5, 5.41) is 9.06. The van der Waals surface area contributed by atoms with Crippen molar-refractivity contribution in [2.45, 2.75) is 5.41 Å². The van der Waals surface area contributed by atoms with Crippen LogP contribution < -0.4 is 4.74 Å². The van der Waals surface area contributed by atoms with Crippen LogP contribution in [-0.4, -0.2) is 10.2 Å². The number of benzene rings is 6. The van der Waals surface area contributed by atoms with E-state index in [1.54, 1.807) is 0 Å². The Morgan fingerprint density at radius 1 is 0.364 bits per heavy atom. The van der Waals surface area contributed by atoms with Crippen molar-refractivity contribution in [1.29, 1.82) is 0 Å². The number of hydrogen-bond donors (Lipinski definition) is 0. The topological polar surface area (TPSA) is 35.0 Å². The normalized spacial score (nSPS) is 12.9. The highest BCUT2D eigenvalue weighted by Crippen LogP contribution is 2.55. The first-order valence-electron chi connectivity index (χ1n) is 14.8. The van der Waals surface area contributed by atoms with Crippen molar-refractivity contribution >= 4 is 0 Å². The molecule has 0 bridgehead atoms. The minimum atomic E-state index is -0.525. The van der Waals surface area contributed by atoms with E-state index in [2.05, 4.69) is 125 Å². The van der Waals surface area contributed by atoms with Crippen LogP contribution in [0.5, 0.6) is 11.5 Å². The summed E-state index contributed by atoms with van der Waals surface area (Å²) in [6.45, 7) is 0. The molecule has 0 atom stereocenters. The quantitative estimate of drug-likeness (QED) is 0.209. The number of fused-ring (bicyclic) bond motifs is 2. The molecule has 7 aromatic rings. The predicted molar refractivity (Wildman–Crippen MR) is 177 cm³/mol. The number of aromatic nitrogens is 2. The molecule has 44 heavy (non-hydrogen) atoms. The molecule has 0 fully saturated rings. The van der Waals surface area contributed by atoms with E-state index in [0.717, 1.165) is 56.3 Å². The van der Waals surface area contributed by atoms with Crippen LogP contribution in [0, 0.1) is 0 Å². The molecule has 0 radical (unpaired) electrons. The van der Waals surface area contributed by atoms with Crippen molar-refractivity contribution in [3.8, 4) is 45.1 Å².